The molecule has 0 aliphatic heterocycles. The maximum absolute atomic E-state index is 11.9. The molecule has 0 atom stereocenters. The van der Waals surface area contributed by atoms with Crippen molar-refractivity contribution < 1.29 is 0 Å². The Bertz CT molecular complexity index is 823. The Balaban J connectivity index is 1.82. The number of H-pyrrole nitrogens is 1. The van der Waals surface area contributed by atoms with Crippen molar-refractivity contribution in [3.05, 3.63) is 51.4 Å². The summed E-state index contributed by atoms with van der Waals surface area (Å²) < 4.78 is 0.682. The molecule has 20 heavy (non-hydrogen) atoms. The number of nitrogens with two attached hydrogens (primary N) is 1. The van der Waals surface area contributed by atoms with Crippen LogP contribution in [0.25, 0.3) is 10.2 Å². The first-order valence-corrected chi connectivity index (χ1v) is 7.95. The second-order valence-electron chi connectivity index (χ2n) is 4.45. The quantitative estimate of drug-likeness (QED) is 0.576. The molecule has 6 heteroatoms. The number of thiophene rings is 1. The molecule has 0 amide bonds. The lowest BCUT2D eigenvalue weighted by Gasteiger charge is -2.05. The first kappa shape index (κ1) is 13.2. The second kappa shape index (κ2) is 5.30. The molecule has 2 heterocycles. The van der Waals surface area contributed by atoms with Crippen molar-refractivity contribution in [2.75, 3.05) is 5.73 Å². The number of nitrogens with zero attached hydrogens (tertiary/aromatic N) is 1. The van der Waals surface area contributed by atoms with Crippen LogP contribution in [0.2, 0.25) is 0 Å². The van der Waals surface area contributed by atoms with Gasteiger partial charge in [0.05, 0.1) is 11.3 Å². The lowest BCUT2D eigenvalue weighted by Crippen LogP contribution is -2.09. The molecule has 4 nitrogen and oxygen atoms in total. The number of aromatic amines is 1. The van der Waals surface area contributed by atoms with E-state index in [-0.39, 0.29) is 5.56 Å². The number of hydrogen-bond donors (Lipinski definition) is 2. The van der Waals surface area contributed by atoms with Crippen molar-refractivity contribution in [3.8, 4) is 0 Å². The molecule has 0 fully saturated rings. The van der Waals surface area contributed by atoms with Crippen LogP contribution in [0, 0.1) is 6.92 Å². The maximum atomic E-state index is 11.9. The van der Waals surface area contributed by atoms with Gasteiger partial charge >= 0.3 is 0 Å². The first-order valence-electron chi connectivity index (χ1n) is 6.09. The molecular formula is C14H13N3OS2. The van der Waals surface area contributed by atoms with Gasteiger partial charge in [-0.05, 0) is 42.1 Å². The molecule has 2 aromatic heterocycles. The number of thioether (sulfide) groups is 1. The molecule has 0 spiro atoms. The molecule has 0 bridgehead atoms. The lowest BCUT2D eigenvalue weighted by molar-refractivity contribution is 1.04. The van der Waals surface area contributed by atoms with Gasteiger partial charge in [-0.2, -0.15) is 0 Å². The Hall–Kier alpha value is -1.79. The number of anilines is 1. The zero-order chi connectivity index (χ0) is 14.1. The molecule has 3 aromatic rings. The molecule has 0 radical (unpaired) electrons. The molecule has 0 aliphatic carbocycles. The number of nitrogen functional groups attached to an aromatic ring is 1. The Morgan fingerprint density at radius 2 is 2.25 bits per heavy atom. The molecule has 1 aromatic carbocycles. The van der Waals surface area contributed by atoms with Crippen LogP contribution in [0.1, 0.15) is 11.4 Å². The van der Waals surface area contributed by atoms with Gasteiger partial charge in [-0.25, -0.2) is 4.98 Å². The van der Waals surface area contributed by atoms with E-state index in [1.54, 1.807) is 11.8 Å². The fraction of sp³-hybridized carbons (Fsp3) is 0.143. The predicted molar refractivity (Wildman–Crippen MR) is 85.4 cm³/mol. The van der Waals surface area contributed by atoms with E-state index >= 15 is 0 Å². The summed E-state index contributed by atoms with van der Waals surface area (Å²) in [5.74, 6) is 1.32. The summed E-state index contributed by atoms with van der Waals surface area (Å²) in [5.41, 5.74) is 8.36. The first-order chi connectivity index (χ1) is 9.63. The van der Waals surface area contributed by atoms with Crippen LogP contribution in [0.4, 0.5) is 5.69 Å². The molecule has 0 aliphatic rings. The number of aryl methyl sites for hydroxylation is 1. The van der Waals surface area contributed by atoms with Gasteiger partial charge in [-0.15, -0.1) is 23.1 Å². The third-order valence-electron chi connectivity index (χ3n) is 2.98. The lowest BCUT2D eigenvalue weighted by atomic mass is 10.2. The average molecular weight is 303 g/mol. The Kier molecular flexibility index (Phi) is 3.50. The van der Waals surface area contributed by atoms with Crippen molar-refractivity contribution >= 4 is 39.0 Å². The minimum atomic E-state index is -0.0610. The summed E-state index contributed by atoms with van der Waals surface area (Å²) in [5, 5.41) is 1.88. The number of hydrogen-bond acceptors (Lipinski definition) is 5. The number of rotatable bonds is 3. The molecule has 0 unspecified atom stereocenters. The van der Waals surface area contributed by atoms with Crippen LogP contribution < -0.4 is 11.3 Å². The fourth-order valence-electron chi connectivity index (χ4n) is 1.88. The summed E-state index contributed by atoms with van der Waals surface area (Å²) in [7, 11) is 0. The topological polar surface area (TPSA) is 71.8 Å². The largest absolute Gasteiger partial charge is 0.399 e. The Morgan fingerprint density at radius 3 is 3.05 bits per heavy atom. The van der Waals surface area contributed by atoms with Crippen LogP contribution in [-0.4, -0.2) is 9.97 Å². The summed E-state index contributed by atoms with van der Waals surface area (Å²) >= 11 is 3.05. The number of benzene rings is 1. The second-order valence-corrected chi connectivity index (χ2v) is 6.42. The number of aromatic nitrogens is 2. The van der Waals surface area contributed by atoms with Crippen molar-refractivity contribution in [2.24, 2.45) is 0 Å². The summed E-state index contributed by atoms with van der Waals surface area (Å²) in [6.45, 7) is 1.98. The van der Waals surface area contributed by atoms with Crippen LogP contribution in [0.5, 0.6) is 0 Å². The molecule has 0 saturated heterocycles. The highest BCUT2D eigenvalue weighted by Crippen LogP contribution is 2.25. The predicted octanol–water partition coefficient (Wildman–Crippen LogP) is 3.17. The average Bonchev–Trinajstić information content (AvgIpc) is 2.89. The third kappa shape index (κ3) is 2.57. The highest BCUT2D eigenvalue weighted by molar-refractivity contribution is 7.98. The summed E-state index contributed by atoms with van der Waals surface area (Å²) in [4.78, 5) is 20.3. The van der Waals surface area contributed by atoms with E-state index in [0.717, 1.165) is 21.7 Å². The van der Waals surface area contributed by atoms with Gasteiger partial charge in [0.1, 0.15) is 10.5 Å². The van der Waals surface area contributed by atoms with E-state index in [9.17, 15) is 4.79 Å². The van der Waals surface area contributed by atoms with Gasteiger partial charge in [-0.1, -0.05) is 0 Å². The highest BCUT2D eigenvalue weighted by atomic mass is 32.2. The molecule has 3 rings (SSSR count). The van der Waals surface area contributed by atoms with E-state index in [2.05, 4.69) is 9.97 Å². The standard InChI is InChI=1S/C14H13N3OS2/c1-8-6-9(2-3-10(8)15)20-7-12-16-11-4-5-19-13(11)14(18)17-12/h2-6H,7,15H2,1H3,(H,16,17,18). The van der Waals surface area contributed by atoms with Crippen molar-refractivity contribution in [1.29, 1.82) is 0 Å². The zero-order valence-corrected chi connectivity index (χ0v) is 12.5. The minimum absolute atomic E-state index is 0.0610. The summed E-state index contributed by atoms with van der Waals surface area (Å²) in [6.07, 6.45) is 0. The van der Waals surface area contributed by atoms with Gasteiger partial charge in [-0.3, -0.25) is 4.79 Å². The Labute approximate surface area is 124 Å². The van der Waals surface area contributed by atoms with Gasteiger partial charge in [0.2, 0.25) is 0 Å². The molecule has 3 N–H and O–H groups in total. The SMILES string of the molecule is Cc1cc(SCc2nc3ccsc3c(=O)[nH]2)ccc1N. The monoisotopic (exact) mass is 303 g/mol. The molecule has 102 valence electrons. The number of fused-ring (bicyclic) bond motifs is 1. The van der Waals surface area contributed by atoms with Gasteiger partial charge in [0, 0.05) is 10.6 Å². The Morgan fingerprint density at radius 1 is 1.40 bits per heavy atom. The third-order valence-corrected chi connectivity index (χ3v) is 4.89. The summed E-state index contributed by atoms with van der Waals surface area (Å²) in [6, 6.07) is 7.79. The number of nitrogens with one attached hydrogen (secondary N) is 1. The zero-order valence-electron chi connectivity index (χ0n) is 10.8. The van der Waals surface area contributed by atoms with Crippen molar-refractivity contribution in [1.82, 2.24) is 9.97 Å². The molecular weight excluding hydrogens is 290 g/mol. The smallest absolute Gasteiger partial charge is 0.268 e. The van der Waals surface area contributed by atoms with E-state index < -0.39 is 0 Å². The minimum Gasteiger partial charge on any atom is -0.399 e. The fourth-order valence-corrected chi connectivity index (χ4v) is 3.47. The van der Waals surface area contributed by atoms with E-state index in [4.69, 9.17) is 5.73 Å². The van der Waals surface area contributed by atoms with Crippen LogP contribution in [0.3, 0.4) is 0 Å². The van der Waals surface area contributed by atoms with E-state index in [1.165, 1.54) is 11.3 Å². The van der Waals surface area contributed by atoms with Gasteiger partial charge in [0.25, 0.3) is 5.56 Å². The normalized spacial score (nSPS) is 11.1. The molecule has 0 saturated carbocycles. The van der Waals surface area contributed by atoms with E-state index in [0.29, 0.717) is 16.3 Å². The highest BCUT2D eigenvalue weighted by Gasteiger charge is 2.06. The maximum Gasteiger partial charge on any atom is 0.268 e. The van der Waals surface area contributed by atoms with Gasteiger partial charge in [0.15, 0.2) is 0 Å². The van der Waals surface area contributed by atoms with Crippen molar-refractivity contribution in [3.63, 3.8) is 0 Å². The van der Waals surface area contributed by atoms with Crippen LogP contribution in [0.15, 0.2) is 39.3 Å². The van der Waals surface area contributed by atoms with Crippen LogP contribution >= 0.6 is 23.1 Å². The van der Waals surface area contributed by atoms with Gasteiger partial charge < -0.3 is 10.7 Å². The van der Waals surface area contributed by atoms with E-state index in [1.807, 2.05) is 36.6 Å². The van der Waals surface area contributed by atoms with Crippen molar-refractivity contribution in [2.45, 2.75) is 17.6 Å². The van der Waals surface area contributed by atoms with Crippen LogP contribution in [-0.2, 0) is 5.75 Å².